The minimum atomic E-state index is -0.545. The van der Waals surface area contributed by atoms with Gasteiger partial charge in [-0.1, -0.05) is 6.07 Å². The Balaban J connectivity index is 1.85. The van der Waals surface area contributed by atoms with Gasteiger partial charge in [-0.25, -0.2) is 5.43 Å². The van der Waals surface area contributed by atoms with Crippen LogP contribution in [0.25, 0.3) is 0 Å². The standard InChI is InChI=1S/C15H12IN3O5/c16-13-6-10(4-5-14(13)20)8-17-18-15(21)9-24-12-3-1-2-11(7-12)19(22)23/h1-8,20H,9H2,(H,18,21)/b17-8+. The summed E-state index contributed by atoms with van der Waals surface area (Å²) in [4.78, 5) is 21.7. The van der Waals surface area contributed by atoms with E-state index in [0.717, 1.165) is 0 Å². The van der Waals surface area contributed by atoms with Crippen molar-refractivity contribution in [1.29, 1.82) is 0 Å². The predicted molar refractivity (Wildman–Crippen MR) is 95.2 cm³/mol. The number of nitro benzene ring substituents is 1. The molecule has 8 nitrogen and oxygen atoms in total. The number of benzene rings is 2. The van der Waals surface area contributed by atoms with Crippen LogP contribution in [0.3, 0.4) is 0 Å². The third kappa shape index (κ3) is 5.19. The summed E-state index contributed by atoms with van der Waals surface area (Å²) in [7, 11) is 0. The number of phenols is 1. The minimum absolute atomic E-state index is 0.118. The van der Waals surface area contributed by atoms with E-state index in [4.69, 9.17) is 4.74 Å². The highest BCUT2D eigenvalue weighted by atomic mass is 127. The molecule has 0 aromatic heterocycles. The number of hydrogen-bond acceptors (Lipinski definition) is 6. The molecule has 2 aromatic carbocycles. The van der Waals surface area contributed by atoms with Crippen molar-refractivity contribution in [2.24, 2.45) is 5.10 Å². The number of phenolic OH excluding ortho intramolecular Hbond substituents is 1. The van der Waals surface area contributed by atoms with Crippen molar-refractivity contribution in [2.75, 3.05) is 6.61 Å². The van der Waals surface area contributed by atoms with Gasteiger partial charge in [0.25, 0.3) is 11.6 Å². The van der Waals surface area contributed by atoms with Crippen LogP contribution in [0.4, 0.5) is 5.69 Å². The highest BCUT2D eigenvalue weighted by Crippen LogP contribution is 2.19. The molecule has 1 amide bonds. The Morgan fingerprint density at radius 1 is 1.38 bits per heavy atom. The number of carbonyl (C=O) groups excluding carboxylic acids is 1. The van der Waals surface area contributed by atoms with Crippen LogP contribution in [0.1, 0.15) is 5.56 Å². The van der Waals surface area contributed by atoms with Gasteiger partial charge in [0.15, 0.2) is 6.61 Å². The van der Waals surface area contributed by atoms with Crippen molar-refractivity contribution < 1.29 is 19.6 Å². The van der Waals surface area contributed by atoms with Gasteiger partial charge in [0.2, 0.25) is 0 Å². The number of nitro groups is 1. The van der Waals surface area contributed by atoms with Gasteiger partial charge in [0, 0.05) is 6.07 Å². The Bertz CT molecular complexity index is 794. The van der Waals surface area contributed by atoms with Gasteiger partial charge in [0.05, 0.1) is 20.8 Å². The van der Waals surface area contributed by atoms with E-state index < -0.39 is 10.8 Å². The van der Waals surface area contributed by atoms with E-state index in [-0.39, 0.29) is 23.8 Å². The third-order valence-corrected chi connectivity index (χ3v) is 3.64. The summed E-state index contributed by atoms with van der Waals surface area (Å²) < 4.78 is 5.84. The number of nitrogens with zero attached hydrogens (tertiary/aromatic N) is 2. The topological polar surface area (TPSA) is 114 Å². The number of nitrogens with one attached hydrogen (secondary N) is 1. The molecule has 0 bridgehead atoms. The maximum atomic E-state index is 11.6. The molecular formula is C15H12IN3O5. The lowest BCUT2D eigenvalue weighted by atomic mass is 10.2. The molecule has 2 N–H and O–H groups in total. The lowest BCUT2D eigenvalue weighted by Gasteiger charge is -2.04. The fourth-order valence-electron chi connectivity index (χ4n) is 1.65. The second kappa shape index (κ2) is 8.24. The smallest absolute Gasteiger partial charge is 0.277 e. The number of amides is 1. The van der Waals surface area contributed by atoms with E-state index >= 15 is 0 Å². The lowest BCUT2D eigenvalue weighted by Crippen LogP contribution is -2.24. The average Bonchev–Trinajstić information content (AvgIpc) is 2.56. The largest absolute Gasteiger partial charge is 0.507 e. The summed E-state index contributed by atoms with van der Waals surface area (Å²) in [5.74, 6) is -0.121. The van der Waals surface area contributed by atoms with E-state index in [1.807, 2.05) is 22.6 Å². The average molecular weight is 441 g/mol. The molecule has 0 spiro atoms. The molecule has 24 heavy (non-hydrogen) atoms. The monoisotopic (exact) mass is 441 g/mol. The van der Waals surface area contributed by atoms with Gasteiger partial charge in [0.1, 0.15) is 11.5 Å². The molecule has 0 radical (unpaired) electrons. The van der Waals surface area contributed by atoms with Crippen molar-refractivity contribution in [1.82, 2.24) is 5.43 Å². The first-order valence-electron chi connectivity index (χ1n) is 6.63. The number of ether oxygens (including phenoxy) is 1. The first-order valence-corrected chi connectivity index (χ1v) is 7.71. The van der Waals surface area contributed by atoms with Gasteiger partial charge in [-0.05, 0) is 52.4 Å². The highest BCUT2D eigenvalue weighted by Gasteiger charge is 2.07. The van der Waals surface area contributed by atoms with E-state index in [2.05, 4.69) is 10.5 Å². The number of hydrogen-bond donors (Lipinski definition) is 2. The second-order valence-corrected chi connectivity index (χ2v) is 5.71. The summed E-state index contributed by atoms with van der Waals surface area (Å²) in [5, 5.41) is 23.8. The summed E-state index contributed by atoms with van der Waals surface area (Å²) in [6.07, 6.45) is 1.42. The molecular weight excluding hydrogens is 429 g/mol. The Labute approximate surface area is 150 Å². The van der Waals surface area contributed by atoms with Crippen LogP contribution in [-0.4, -0.2) is 28.8 Å². The van der Waals surface area contributed by atoms with E-state index in [9.17, 15) is 20.0 Å². The number of rotatable bonds is 6. The lowest BCUT2D eigenvalue weighted by molar-refractivity contribution is -0.384. The molecule has 0 saturated heterocycles. The van der Waals surface area contributed by atoms with Gasteiger partial charge in [-0.2, -0.15) is 5.10 Å². The molecule has 0 fully saturated rings. The first-order chi connectivity index (χ1) is 11.5. The Hall–Kier alpha value is -2.69. The maximum absolute atomic E-state index is 11.6. The molecule has 0 aliphatic heterocycles. The SMILES string of the molecule is O=C(COc1cccc([N+](=O)[O-])c1)N/N=C/c1ccc(O)c(I)c1. The minimum Gasteiger partial charge on any atom is -0.507 e. The molecule has 124 valence electrons. The quantitative estimate of drug-likeness (QED) is 0.310. The summed E-state index contributed by atoms with van der Waals surface area (Å²) in [6, 6.07) is 10.4. The van der Waals surface area contributed by atoms with Crippen molar-refractivity contribution >= 4 is 40.4 Å². The predicted octanol–water partition coefficient (Wildman–Crippen LogP) is 2.43. The zero-order valence-electron chi connectivity index (χ0n) is 12.2. The van der Waals surface area contributed by atoms with Crippen LogP contribution in [0.5, 0.6) is 11.5 Å². The first kappa shape index (κ1) is 17.7. The molecule has 2 rings (SSSR count). The van der Waals surface area contributed by atoms with Gasteiger partial charge >= 0.3 is 0 Å². The second-order valence-electron chi connectivity index (χ2n) is 4.55. The van der Waals surface area contributed by atoms with Crippen molar-refractivity contribution in [2.45, 2.75) is 0 Å². The highest BCUT2D eigenvalue weighted by molar-refractivity contribution is 14.1. The van der Waals surface area contributed by atoms with Crippen molar-refractivity contribution in [3.05, 3.63) is 61.7 Å². The zero-order valence-corrected chi connectivity index (χ0v) is 14.3. The number of hydrazone groups is 1. The van der Waals surface area contributed by atoms with Gasteiger partial charge in [-0.3, -0.25) is 14.9 Å². The molecule has 2 aromatic rings. The number of aromatic hydroxyl groups is 1. The van der Waals surface area contributed by atoms with Crippen LogP contribution in [0.15, 0.2) is 47.6 Å². The van der Waals surface area contributed by atoms with E-state index in [1.165, 1.54) is 36.5 Å². The summed E-state index contributed by atoms with van der Waals surface area (Å²) in [6.45, 7) is -0.328. The molecule has 0 aliphatic carbocycles. The maximum Gasteiger partial charge on any atom is 0.277 e. The van der Waals surface area contributed by atoms with Crippen LogP contribution in [0.2, 0.25) is 0 Å². The van der Waals surface area contributed by atoms with E-state index in [1.54, 1.807) is 12.1 Å². The number of non-ortho nitro benzene ring substituents is 1. The molecule has 9 heteroatoms. The molecule has 0 aliphatic rings. The van der Waals surface area contributed by atoms with Crippen molar-refractivity contribution in [3.8, 4) is 11.5 Å². The zero-order chi connectivity index (χ0) is 17.5. The normalized spacial score (nSPS) is 10.5. The van der Waals surface area contributed by atoms with Crippen LogP contribution in [-0.2, 0) is 4.79 Å². The number of carbonyl (C=O) groups is 1. The van der Waals surface area contributed by atoms with Crippen LogP contribution >= 0.6 is 22.6 Å². The van der Waals surface area contributed by atoms with Crippen LogP contribution < -0.4 is 10.2 Å². The summed E-state index contributed by atoms with van der Waals surface area (Å²) >= 11 is 1.98. The van der Waals surface area contributed by atoms with E-state index in [0.29, 0.717) is 9.13 Å². The third-order valence-electron chi connectivity index (χ3n) is 2.77. The Kier molecular flexibility index (Phi) is 6.07. The Morgan fingerprint density at radius 3 is 2.88 bits per heavy atom. The fraction of sp³-hybridized carbons (Fsp3) is 0.0667. The molecule has 0 heterocycles. The van der Waals surface area contributed by atoms with Gasteiger partial charge in [-0.15, -0.1) is 0 Å². The number of halogens is 1. The fourth-order valence-corrected chi connectivity index (χ4v) is 2.19. The summed E-state index contributed by atoms with van der Waals surface area (Å²) in [5.41, 5.74) is 2.87. The van der Waals surface area contributed by atoms with Crippen molar-refractivity contribution in [3.63, 3.8) is 0 Å². The van der Waals surface area contributed by atoms with Crippen LogP contribution in [0, 0.1) is 13.7 Å². The Morgan fingerprint density at radius 2 is 2.17 bits per heavy atom. The molecule has 0 atom stereocenters. The molecule has 0 unspecified atom stereocenters. The molecule has 0 saturated carbocycles. The van der Waals surface area contributed by atoms with Gasteiger partial charge < -0.3 is 9.84 Å².